The van der Waals surface area contributed by atoms with Gasteiger partial charge in [-0.3, -0.25) is 9.78 Å². The molecule has 7 heteroatoms. The van der Waals surface area contributed by atoms with Crippen LogP contribution in [0.5, 0.6) is 0 Å². The van der Waals surface area contributed by atoms with Crippen LogP contribution in [0.25, 0.3) is 0 Å². The van der Waals surface area contributed by atoms with Gasteiger partial charge in [0.15, 0.2) is 12.7 Å². The van der Waals surface area contributed by atoms with E-state index in [1.165, 1.54) is 5.56 Å². The van der Waals surface area contributed by atoms with E-state index in [1.54, 1.807) is 29.4 Å². The van der Waals surface area contributed by atoms with E-state index < -0.39 is 0 Å². The molecule has 160 valence electrons. The first kappa shape index (κ1) is 20.8. The molecule has 0 spiro atoms. The maximum Gasteiger partial charge on any atom is 0.261 e. The molecular formula is C24H29N6O+. The van der Waals surface area contributed by atoms with Gasteiger partial charge in [0, 0.05) is 38.6 Å². The van der Waals surface area contributed by atoms with E-state index in [4.69, 9.17) is 0 Å². The van der Waals surface area contributed by atoms with Gasteiger partial charge in [-0.25, -0.2) is 9.56 Å². The third kappa shape index (κ3) is 4.82. The number of hydrogen-bond donors (Lipinski definition) is 1. The Bertz CT molecular complexity index is 1020. The zero-order valence-electron chi connectivity index (χ0n) is 18.2. The van der Waals surface area contributed by atoms with Crippen LogP contribution in [0, 0.1) is 0 Å². The van der Waals surface area contributed by atoms with E-state index in [0.717, 1.165) is 43.4 Å². The molecule has 2 aliphatic rings. The summed E-state index contributed by atoms with van der Waals surface area (Å²) in [6.45, 7) is 12.4. The molecule has 2 aliphatic heterocycles. The van der Waals surface area contributed by atoms with Gasteiger partial charge in [0.2, 0.25) is 0 Å². The van der Waals surface area contributed by atoms with Gasteiger partial charge in [0.05, 0.1) is 17.6 Å². The van der Waals surface area contributed by atoms with Gasteiger partial charge < -0.3 is 15.1 Å². The van der Waals surface area contributed by atoms with Crippen molar-refractivity contribution in [3.63, 3.8) is 0 Å². The molecule has 7 nitrogen and oxygen atoms in total. The highest BCUT2D eigenvalue weighted by Crippen LogP contribution is 2.32. The number of benzene rings is 1. The molecular weight excluding hydrogens is 388 g/mol. The third-order valence-electron chi connectivity index (χ3n) is 5.65. The lowest BCUT2D eigenvalue weighted by atomic mass is 10.0. The second kappa shape index (κ2) is 9.12. The minimum absolute atomic E-state index is 0.124. The zero-order chi connectivity index (χ0) is 21.8. The zero-order valence-corrected chi connectivity index (χ0v) is 18.2. The van der Waals surface area contributed by atoms with E-state index in [9.17, 15) is 4.79 Å². The topological polar surface area (TPSA) is 64.4 Å². The number of piperazine rings is 1. The average Bonchev–Trinajstić information content (AvgIpc) is 2.80. The lowest BCUT2D eigenvalue weighted by molar-refractivity contribution is -0.437. The summed E-state index contributed by atoms with van der Waals surface area (Å²) in [5, 5.41) is 3.12. The van der Waals surface area contributed by atoms with Gasteiger partial charge in [0.25, 0.3) is 5.91 Å². The van der Waals surface area contributed by atoms with Crippen molar-refractivity contribution in [1.29, 1.82) is 0 Å². The Morgan fingerprint density at radius 3 is 2.61 bits per heavy atom. The van der Waals surface area contributed by atoms with Crippen molar-refractivity contribution in [2.45, 2.75) is 19.8 Å². The fourth-order valence-electron chi connectivity index (χ4n) is 3.84. The minimum atomic E-state index is -0.124. The number of anilines is 3. The molecule has 0 bridgehead atoms. The van der Waals surface area contributed by atoms with Crippen LogP contribution in [0.2, 0.25) is 0 Å². The smallest absolute Gasteiger partial charge is 0.261 e. The summed E-state index contributed by atoms with van der Waals surface area (Å²) in [6.07, 6.45) is 10.8. The predicted molar refractivity (Wildman–Crippen MR) is 125 cm³/mol. The van der Waals surface area contributed by atoms with E-state index in [2.05, 4.69) is 57.8 Å². The number of carbonyl (C=O) groups is 1. The van der Waals surface area contributed by atoms with Crippen LogP contribution in [0.1, 0.15) is 25.3 Å². The Kier molecular flexibility index (Phi) is 6.11. The standard InChI is InChI=1S/C24H28N6O/c1-18(2)19-6-7-21(27-24(31)20-5-4-10-28(3)17-20)22(15-19)29-11-13-30(14-12-29)23-16-25-8-9-26-23/h4-9,15-18H,3,10-14H2,1-2H3/p+1. The molecule has 0 radical (unpaired) electrons. The Labute approximate surface area is 183 Å². The molecule has 1 N–H and O–H groups in total. The Morgan fingerprint density at radius 1 is 1.16 bits per heavy atom. The summed E-state index contributed by atoms with van der Waals surface area (Å²) in [4.78, 5) is 26.1. The van der Waals surface area contributed by atoms with Crippen LogP contribution in [0.3, 0.4) is 0 Å². The number of hydrogen-bond acceptors (Lipinski definition) is 5. The third-order valence-corrected chi connectivity index (χ3v) is 5.65. The normalized spacial score (nSPS) is 16.5. The number of nitrogens with one attached hydrogen (secondary N) is 1. The Hall–Kier alpha value is -3.48. The molecule has 0 unspecified atom stereocenters. The summed E-state index contributed by atoms with van der Waals surface area (Å²) in [5.74, 6) is 1.19. The second-order valence-corrected chi connectivity index (χ2v) is 8.18. The summed E-state index contributed by atoms with van der Waals surface area (Å²) in [6, 6.07) is 6.32. The molecule has 0 saturated carbocycles. The number of nitrogens with zero attached hydrogens (tertiary/aromatic N) is 5. The van der Waals surface area contributed by atoms with Crippen molar-refractivity contribution in [2.24, 2.45) is 0 Å². The molecule has 0 atom stereocenters. The van der Waals surface area contributed by atoms with Crippen LogP contribution in [0.4, 0.5) is 17.2 Å². The molecule has 1 aromatic carbocycles. The van der Waals surface area contributed by atoms with Gasteiger partial charge in [-0.2, -0.15) is 0 Å². The van der Waals surface area contributed by atoms with E-state index in [0.29, 0.717) is 18.0 Å². The second-order valence-electron chi connectivity index (χ2n) is 8.18. The lowest BCUT2D eigenvalue weighted by Gasteiger charge is -2.37. The lowest BCUT2D eigenvalue weighted by Crippen LogP contribution is -2.47. The van der Waals surface area contributed by atoms with Gasteiger partial charge in [-0.05, 0) is 35.8 Å². The SMILES string of the molecule is C=[N+]1C=C(C(=O)Nc2ccc(C(C)C)cc2N2CCN(c3cnccn3)CC2)C=CC1. The summed E-state index contributed by atoms with van der Waals surface area (Å²) < 4.78 is 1.75. The molecule has 1 fully saturated rings. The monoisotopic (exact) mass is 417 g/mol. The van der Waals surface area contributed by atoms with Crippen LogP contribution in [-0.2, 0) is 4.79 Å². The van der Waals surface area contributed by atoms with E-state index in [-0.39, 0.29) is 5.91 Å². The quantitative estimate of drug-likeness (QED) is 0.758. The highest BCUT2D eigenvalue weighted by molar-refractivity contribution is 6.07. The van der Waals surface area contributed by atoms with E-state index in [1.807, 2.05) is 18.2 Å². The van der Waals surface area contributed by atoms with Crippen molar-refractivity contribution in [3.8, 4) is 0 Å². The van der Waals surface area contributed by atoms with Crippen molar-refractivity contribution in [3.05, 3.63) is 66.3 Å². The van der Waals surface area contributed by atoms with Crippen LogP contribution < -0.4 is 15.1 Å². The van der Waals surface area contributed by atoms with Crippen molar-refractivity contribution in [1.82, 2.24) is 9.97 Å². The highest BCUT2D eigenvalue weighted by Gasteiger charge is 2.23. The molecule has 31 heavy (non-hydrogen) atoms. The van der Waals surface area contributed by atoms with Gasteiger partial charge in [-0.15, -0.1) is 0 Å². The molecule has 3 heterocycles. The number of aromatic nitrogens is 2. The first-order valence-electron chi connectivity index (χ1n) is 10.7. The number of carbonyl (C=O) groups excluding carboxylic acids is 1. The maximum absolute atomic E-state index is 12.9. The van der Waals surface area contributed by atoms with Gasteiger partial charge in [-0.1, -0.05) is 19.9 Å². The number of amides is 1. The largest absolute Gasteiger partial charge is 0.366 e. The van der Waals surface area contributed by atoms with Crippen molar-refractivity contribution < 1.29 is 9.37 Å². The predicted octanol–water partition coefficient (Wildman–Crippen LogP) is 3.03. The molecule has 1 amide bonds. The first-order chi connectivity index (χ1) is 15.0. The molecule has 1 saturated heterocycles. The van der Waals surface area contributed by atoms with Crippen molar-refractivity contribution >= 4 is 29.8 Å². The van der Waals surface area contributed by atoms with Crippen LogP contribution >= 0.6 is 0 Å². The van der Waals surface area contributed by atoms with Crippen molar-refractivity contribution in [2.75, 3.05) is 47.8 Å². The fourth-order valence-corrected chi connectivity index (χ4v) is 3.84. The highest BCUT2D eigenvalue weighted by atomic mass is 16.1. The molecule has 4 rings (SSSR count). The number of rotatable bonds is 5. The fraction of sp³-hybridized carbons (Fsp3) is 0.333. The Balaban J connectivity index is 1.54. The minimum Gasteiger partial charge on any atom is -0.366 e. The van der Waals surface area contributed by atoms with E-state index >= 15 is 0 Å². The maximum atomic E-state index is 12.9. The molecule has 1 aromatic heterocycles. The summed E-state index contributed by atoms with van der Waals surface area (Å²) >= 11 is 0. The summed E-state index contributed by atoms with van der Waals surface area (Å²) in [7, 11) is 0. The average molecular weight is 418 g/mol. The van der Waals surface area contributed by atoms with Gasteiger partial charge >= 0.3 is 0 Å². The van der Waals surface area contributed by atoms with Gasteiger partial charge in [0.1, 0.15) is 18.1 Å². The first-order valence-corrected chi connectivity index (χ1v) is 10.7. The van der Waals surface area contributed by atoms with Crippen LogP contribution in [-0.4, -0.2) is 59.9 Å². The molecule has 0 aliphatic carbocycles. The molecule has 2 aromatic rings. The summed E-state index contributed by atoms with van der Waals surface area (Å²) in [5.41, 5.74) is 3.75. The Morgan fingerprint density at radius 2 is 1.94 bits per heavy atom. The van der Waals surface area contributed by atoms with Crippen LogP contribution in [0.15, 0.2) is 60.7 Å².